The normalized spacial score (nSPS) is 30.5. The fourth-order valence-corrected chi connectivity index (χ4v) is 4.64. The molecule has 0 radical (unpaired) electrons. The van der Waals surface area contributed by atoms with Gasteiger partial charge in [0.25, 0.3) is 0 Å². The van der Waals surface area contributed by atoms with Gasteiger partial charge in [0.1, 0.15) is 0 Å². The highest BCUT2D eigenvalue weighted by atomic mass is 16.1. The molecule has 1 aromatic heterocycles. The lowest BCUT2D eigenvalue weighted by Gasteiger charge is -2.30. The molecular formula is C18H25N3O. The Hall–Kier alpha value is -1.58. The van der Waals surface area contributed by atoms with Crippen LogP contribution in [0.1, 0.15) is 44.9 Å². The minimum absolute atomic E-state index is 0.221. The first-order valence-corrected chi connectivity index (χ1v) is 8.82. The molecule has 1 amide bonds. The van der Waals surface area contributed by atoms with Gasteiger partial charge in [0.15, 0.2) is 5.82 Å². The molecule has 1 aromatic rings. The Kier molecular flexibility index (Phi) is 3.77. The van der Waals surface area contributed by atoms with Crippen molar-refractivity contribution in [2.24, 2.45) is 17.8 Å². The van der Waals surface area contributed by atoms with Crippen molar-refractivity contribution in [1.82, 2.24) is 4.98 Å². The molecule has 0 aromatic carbocycles. The summed E-state index contributed by atoms with van der Waals surface area (Å²) in [6, 6.07) is 3.92. The van der Waals surface area contributed by atoms with Crippen LogP contribution in [0.25, 0.3) is 0 Å². The molecule has 4 rings (SSSR count). The van der Waals surface area contributed by atoms with E-state index in [0.717, 1.165) is 36.9 Å². The lowest BCUT2D eigenvalue weighted by Crippen LogP contribution is -2.32. The van der Waals surface area contributed by atoms with Crippen LogP contribution in [-0.2, 0) is 4.79 Å². The summed E-state index contributed by atoms with van der Waals surface area (Å²) in [4.78, 5) is 19.5. The number of hydrogen-bond acceptors (Lipinski definition) is 3. The Labute approximate surface area is 132 Å². The number of aromatic nitrogens is 1. The first-order valence-electron chi connectivity index (χ1n) is 8.82. The van der Waals surface area contributed by atoms with Crippen molar-refractivity contribution in [2.45, 2.75) is 44.9 Å². The number of carbonyl (C=O) groups excluding carboxylic acids is 1. The van der Waals surface area contributed by atoms with E-state index in [1.165, 1.54) is 38.5 Å². The topological polar surface area (TPSA) is 45.2 Å². The van der Waals surface area contributed by atoms with Gasteiger partial charge in [0.05, 0.1) is 5.69 Å². The lowest BCUT2D eigenvalue weighted by molar-refractivity contribution is -0.121. The minimum atomic E-state index is 0.221. The Morgan fingerprint density at radius 1 is 1.18 bits per heavy atom. The van der Waals surface area contributed by atoms with Gasteiger partial charge < -0.3 is 10.2 Å². The van der Waals surface area contributed by atoms with Gasteiger partial charge in [-0.25, -0.2) is 4.98 Å². The number of fused-ring (bicyclic) bond motifs is 2. The molecule has 1 N–H and O–H groups in total. The quantitative estimate of drug-likeness (QED) is 0.930. The molecule has 1 saturated heterocycles. The smallest absolute Gasteiger partial charge is 0.227 e. The van der Waals surface area contributed by atoms with Crippen molar-refractivity contribution in [3.05, 3.63) is 18.3 Å². The minimum Gasteiger partial charge on any atom is -0.355 e. The predicted octanol–water partition coefficient (Wildman–Crippen LogP) is 3.45. The average Bonchev–Trinajstić information content (AvgIpc) is 3.19. The van der Waals surface area contributed by atoms with Crippen molar-refractivity contribution < 1.29 is 4.79 Å². The Bertz CT molecular complexity index is 553. The van der Waals surface area contributed by atoms with E-state index in [1.54, 1.807) is 0 Å². The number of carbonyl (C=O) groups is 1. The maximum absolute atomic E-state index is 12.7. The molecule has 4 nitrogen and oxygen atoms in total. The molecule has 0 unspecified atom stereocenters. The SMILES string of the molecule is O=C(Nc1cccnc1N1CCCCC1)[C@@H]1C[C@H]2CC[C@H]1C2. The number of hydrogen-bond donors (Lipinski definition) is 1. The number of amides is 1. The van der Waals surface area contributed by atoms with Crippen molar-refractivity contribution in [2.75, 3.05) is 23.3 Å². The van der Waals surface area contributed by atoms with Gasteiger partial charge in [-0.1, -0.05) is 6.42 Å². The van der Waals surface area contributed by atoms with Crippen molar-refractivity contribution in [3.8, 4) is 0 Å². The maximum Gasteiger partial charge on any atom is 0.227 e. The Morgan fingerprint density at radius 2 is 2.05 bits per heavy atom. The van der Waals surface area contributed by atoms with Crippen LogP contribution in [0.2, 0.25) is 0 Å². The third-order valence-corrected chi connectivity index (χ3v) is 5.78. The first kappa shape index (κ1) is 14.0. The average molecular weight is 299 g/mol. The summed E-state index contributed by atoms with van der Waals surface area (Å²) in [5.41, 5.74) is 0.900. The predicted molar refractivity (Wildman–Crippen MR) is 87.9 cm³/mol. The van der Waals surface area contributed by atoms with Crippen LogP contribution in [-0.4, -0.2) is 24.0 Å². The maximum atomic E-state index is 12.7. The molecule has 118 valence electrons. The number of anilines is 2. The molecule has 3 fully saturated rings. The standard InChI is InChI=1S/C18H25N3O/c22-18(15-12-13-6-7-14(15)11-13)20-16-5-4-8-19-17(16)21-9-2-1-3-10-21/h4-5,8,13-15H,1-3,6-7,9-12H2,(H,20,22)/t13-,14-,15+/m0/s1. The molecule has 22 heavy (non-hydrogen) atoms. The van der Waals surface area contributed by atoms with Crippen molar-refractivity contribution in [1.29, 1.82) is 0 Å². The molecular weight excluding hydrogens is 274 g/mol. The highest BCUT2D eigenvalue weighted by Gasteiger charge is 2.43. The summed E-state index contributed by atoms with van der Waals surface area (Å²) >= 11 is 0. The summed E-state index contributed by atoms with van der Waals surface area (Å²) in [7, 11) is 0. The second-order valence-corrected chi connectivity index (χ2v) is 7.19. The fraction of sp³-hybridized carbons (Fsp3) is 0.667. The highest BCUT2D eigenvalue weighted by Crippen LogP contribution is 2.48. The molecule has 3 aliphatic rings. The van der Waals surface area contributed by atoms with Gasteiger partial charge in [0, 0.05) is 25.2 Å². The van der Waals surface area contributed by atoms with Crippen molar-refractivity contribution >= 4 is 17.4 Å². The van der Waals surface area contributed by atoms with Crippen LogP contribution < -0.4 is 10.2 Å². The van der Waals surface area contributed by atoms with Crippen LogP contribution >= 0.6 is 0 Å². The van der Waals surface area contributed by atoms with Gasteiger partial charge in [0.2, 0.25) is 5.91 Å². The largest absolute Gasteiger partial charge is 0.355 e. The second-order valence-electron chi connectivity index (χ2n) is 7.19. The Morgan fingerprint density at radius 3 is 2.77 bits per heavy atom. The van der Waals surface area contributed by atoms with Crippen molar-refractivity contribution in [3.63, 3.8) is 0 Å². The second kappa shape index (κ2) is 5.90. The zero-order valence-electron chi connectivity index (χ0n) is 13.1. The first-order chi connectivity index (χ1) is 10.8. The van der Waals surface area contributed by atoms with Gasteiger partial charge in [-0.2, -0.15) is 0 Å². The fourth-order valence-electron chi connectivity index (χ4n) is 4.64. The summed E-state index contributed by atoms with van der Waals surface area (Å²) in [6.07, 6.45) is 10.5. The van der Waals surface area contributed by atoms with E-state index in [0.29, 0.717) is 5.92 Å². The summed E-state index contributed by atoms with van der Waals surface area (Å²) in [5.74, 6) is 2.83. The number of rotatable bonds is 3. The van der Waals surface area contributed by atoms with E-state index in [2.05, 4.69) is 15.2 Å². The molecule has 2 saturated carbocycles. The zero-order chi connectivity index (χ0) is 14.9. The molecule has 2 heterocycles. The molecule has 4 heteroatoms. The van der Waals surface area contributed by atoms with E-state index in [4.69, 9.17) is 0 Å². The third-order valence-electron chi connectivity index (χ3n) is 5.78. The number of nitrogens with zero attached hydrogens (tertiary/aromatic N) is 2. The van der Waals surface area contributed by atoms with Crippen LogP contribution in [0.4, 0.5) is 11.5 Å². The van der Waals surface area contributed by atoms with E-state index < -0.39 is 0 Å². The van der Waals surface area contributed by atoms with Gasteiger partial charge in [-0.15, -0.1) is 0 Å². The Balaban J connectivity index is 1.49. The number of pyridine rings is 1. The number of piperidine rings is 1. The van der Waals surface area contributed by atoms with Crippen LogP contribution in [0.3, 0.4) is 0 Å². The molecule has 3 atom stereocenters. The summed E-state index contributed by atoms with van der Waals surface area (Å²) in [6.45, 7) is 2.10. The molecule has 2 bridgehead atoms. The third kappa shape index (κ3) is 2.59. The molecule has 1 aliphatic heterocycles. The summed E-state index contributed by atoms with van der Waals surface area (Å²) < 4.78 is 0. The van der Waals surface area contributed by atoms with E-state index >= 15 is 0 Å². The van der Waals surface area contributed by atoms with Gasteiger partial charge in [-0.3, -0.25) is 4.79 Å². The van der Waals surface area contributed by atoms with E-state index in [1.807, 2.05) is 18.3 Å². The van der Waals surface area contributed by atoms with E-state index in [9.17, 15) is 4.79 Å². The lowest BCUT2D eigenvalue weighted by atomic mass is 9.88. The monoisotopic (exact) mass is 299 g/mol. The molecule has 0 spiro atoms. The van der Waals surface area contributed by atoms with Gasteiger partial charge >= 0.3 is 0 Å². The summed E-state index contributed by atoms with van der Waals surface area (Å²) in [5, 5.41) is 3.19. The van der Waals surface area contributed by atoms with E-state index in [-0.39, 0.29) is 11.8 Å². The molecule has 2 aliphatic carbocycles. The van der Waals surface area contributed by atoms with Crippen LogP contribution in [0.15, 0.2) is 18.3 Å². The number of nitrogens with one attached hydrogen (secondary N) is 1. The van der Waals surface area contributed by atoms with Crippen LogP contribution in [0.5, 0.6) is 0 Å². The zero-order valence-corrected chi connectivity index (χ0v) is 13.1. The van der Waals surface area contributed by atoms with Crippen LogP contribution in [0, 0.1) is 17.8 Å². The highest BCUT2D eigenvalue weighted by molar-refractivity contribution is 5.95. The van der Waals surface area contributed by atoms with Gasteiger partial charge in [-0.05, 0) is 62.5 Å².